The second kappa shape index (κ2) is 11.7. The van der Waals surface area contributed by atoms with Gasteiger partial charge in [-0.1, -0.05) is 60.7 Å². The fourth-order valence-corrected chi connectivity index (χ4v) is 2.46. The molecule has 0 heterocycles. The molecule has 0 aromatic heterocycles. The molecule has 0 atom stereocenters. The molecule has 2 aliphatic rings. The molecule has 2 aromatic rings. The van der Waals surface area contributed by atoms with Crippen molar-refractivity contribution in [2.24, 2.45) is 0 Å². The van der Waals surface area contributed by atoms with E-state index in [1.54, 1.807) is 24.2 Å². The number of allylic oxidation sites excluding steroid dienone is 8. The predicted molar refractivity (Wildman–Crippen MR) is 110 cm³/mol. The summed E-state index contributed by atoms with van der Waals surface area (Å²) in [7, 11) is 0. The molecular weight excluding hydrogens is 391 g/mol. The molecule has 2 aliphatic carbocycles. The topological polar surface area (TPSA) is 0 Å². The molecule has 4 rings (SSSR count). The van der Waals surface area contributed by atoms with Crippen LogP contribution in [0.15, 0.2) is 85.0 Å². The summed E-state index contributed by atoms with van der Waals surface area (Å²) in [6, 6.07) is 20.8. The Labute approximate surface area is 173 Å². The van der Waals surface area contributed by atoms with Gasteiger partial charge in [0.25, 0.3) is 0 Å². The van der Waals surface area contributed by atoms with E-state index >= 15 is 0 Å². The standard InChI is InChI=1S/2C11H9.C3H6.Zr/c2*1-2-6-10(7-3-1)11-8-4-5-9-11;1-3-2;/h2*1-3,6-9H,4H2;1-2H3;/q2*-1;;+2. The van der Waals surface area contributed by atoms with Gasteiger partial charge in [0.2, 0.25) is 0 Å². The van der Waals surface area contributed by atoms with E-state index < -0.39 is 0 Å². The van der Waals surface area contributed by atoms with Crippen LogP contribution in [0.3, 0.4) is 0 Å². The summed E-state index contributed by atoms with van der Waals surface area (Å²) in [6.45, 7) is 4.25. The van der Waals surface area contributed by atoms with Crippen molar-refractivity contribution in [2.45, 2.75) is 26.7 Å². The number of hydrogen-bond acceptors (Lipinski definition) is 0. The monoisotopic (exact) mass is 414 g/mol. The third-order valence-corrected chi connectivity index (χ3v) is 3.61. The molecule has 26 heavy (non-hydrogen) atoms. The summed E-state index contributed by atoms with van der Waals surface area (Å²) in [5.41, 5.74) is 5.17. The van der Waals surface area contributed by atoms with Gasteiger partial charge in [-0.3, -0.25) is 12.2 Å². The molecule has 0 bridgehead atoms. The maximum atomic E-state index is 3.15. The van der Waals surface area contributed by atoms with Crippen LogP contribution in [-0.2, 0) is 24.2 Å². The van der Waals surface area contributed by atoms with Crippen LogP contribution in [0.25, 0.3) is 11.1 Å². The maximum Gasteiger partial charge on any atom is -0.0623 e. The minimum atomic E-state index is 0.963. The first-order chi connectivity index (χ1) is 12.7. The summed E-state index contributed by atoms with van der Waals surface area (Å²) >= 11 is 1.55. The van der Waals surface area contributed by atoms with Gasteiger partial charge in [0, 0.05) is 0 Å². The van der Waals surface area contributed by atoms with Crippen molar-refractivity contribution in [3.8, 4) is 0 Å². The van der Waals surface area contributed by atoms with Gasteiger partial charge in [-0.15, -0.1) is 24.0 Å². The first-order valence-electron chi connectivity index (χ1n) is 8.83. The summed E-state index contributed by atoms with van der Waals surface area (Å²) < 4.78 is 1.51. The van der Waals surface area contributed by atoms with Crippen molar-refractivity contribution in [2.75, 3.05) is 0 Å². The Morgan fingerprint density at radius 1 is 0.692 bits per heavy atom. The minimum absolute atomic E-state index is 0.963. The van der Waals surface area contributed by atoms with Gasteiger partial charge < -0.3 is 0 Å². The Hall–Kier alpha value is -1.85. The number of rotatable bonds is 2. The quantitative estimate of drug-likeness (QED) is 0.497. The van der Waals surface area contributed by atoms with E-state index in [0.29, 0.717) is 0 Å². The summed E-state index contributed by atoms with van der Waals surface area (Å²) in [6.07, 6.45) is 16.7. The van der Waals surface area contributed by atoms with Crippen LogP contribution < -0.4 is 0 Å². The molecular formula is C25H24Zr. The van der Waals surface area contributed by atoms with Crippen molar-refractivity contribution >= 4 is 14.4 Å². The van der Waals surface area contributed by atoms with Crippen molar-refractivity contribution in [3.05, 3.63) is 108 Å². The van der Waals surface area contributed by atoms with Gasteiger partial charge >= 0.3 is 41.3 Å². The van der Waals surface area contributed by atoms with Crippen LogP contribution in [0.5, 0.6) is 0 Å². The molecule has 0 N–H and O–H groups in total. The molecule has 0 fully saturated rings. The summed E-state index contributed by atoms with van der Waals surface area (Å²) in [5.74, 6) is 0. The molecule has 2 aromatic carbocycles. The Morgan fingerprint density at radius 3 is 1.31 bits per heavy atom. The van der Waals surface area contributed by atoms with Gasteiger partial charge in [-0.2, -0.15) is 23.3 Å². The fourth-order valence-electron chi connectivity index (χ4n) is 2.46. The Kier molecular flexibility index (Phi) is 9.22. The zero-order valence-corrected chi connectivity index (χ0v) is 18.0. The third kappa shape index (κ3) is 7.58. The molecule has 0 spiro atoms. The van der Waals surface area contributed by atoms with E-state index in [0.717, 1.165) is 12.8 Å². The molecule has 0 saturated carbocycles. The molecule has 0 unspecified atom stereocenters. The van der Waals surface area contributed by atoms with E-state index in [4.69, 9.17) is 0 Å². The van der Waals surface area contributed by atoms with Crippen LogP contribution in [0.2, 0.25) is 0 Å². The maximum absolute atomic E-state index is 3.15. The second-order valence-corrected chi connectivity index (χ2v) is 8.61. The van der Waals surface area contributed by atoms with E-state index in [1.165, 1.54) is 25.5 Å². The van der Waals surface area contributed by atoms with Gasteiger partial charge in [-0.05, 0) is 0 Å². The molecule has 0 nitrogen and oxygen atoms in total. The van der Waals surface area contributed by atoms with Gasteiger partial charge in [-0.25, -0.2) is 12.2 Å². The van der Waals surface area contributed by atoms with Crippen molar-refractivity contribution in [3.63, 3.8) is 0 Å². The van der Waals surface area contributed by atoms with Gasteiger partial charge in [0.15, 0.2) is 0 Å². The van der Waals surface area contributed by atoms with Crippen molar-refractivity contribution in [1.82, 2.24) is 0 Å². The Balaban J connectivity index is 0.000000156. The van der Waals surface area contributed by atoms with Crippen LogP contribution in [0.4, 0.5) is 0 Å². The van der Waals surface area contributed by atoms with E-state index in [-0.39, 0.29) is 0 Å². The van der Waals surface area contributed by atoms with Crippen LogP contribution in [0, 0.1) is 12.2 Å². The zero-order chi connectivity index (χ0) is 18.6. The SMILES string of the molecule is C[C](C)=[Zr+2].[C-]1=CC(c2ccccc2)=CC1.[C-]1=CC(c2ccccc2)=CC1. The molecule has 0 amide bonds. The third-order valence-electron chi connectivity index (χ3n) is 3.61. The number of benzene rings is 2. The van der Waals surface area contributed by atoms with Crippen molar-refractivity contribution in [1.29, 1.82) is 0 Å². The second-order valence-electron chi connectivity index (χ2n) is 6.16. The first kappa shape index (κ1) is 20.5. The first-order valence-corrected chi connectivity index (χ1v) is 10.1. The molecule has 0 radical (unpaired) electrons. The zero-order valence-electron chi connectivity index (χ0n) is 15.5. The average Bonchev–Trinajstić information content (AvgIpc) is 3.37. The van der Waals surface area contributed by atoms with E-state index in [9.17, 15) is 0 Å². The minimum Gasteiger partial charge on any atom is -0.272 e. The normalized spacial score (nSPS) is 13.8. The van der Waals surface area contributed by atoms with Gasteiger partial charge in [0.1, 0.15) is 0 Å². The Bertz CT molecular complexity index is 736. The van der Waals surface area contributed by atoms with E-state index in [1.807, 2.05) is 12.1 Å². The smallest absolute Gasteiger partial charge is 0.0623 e. The van der Waals surface area contributed by atoms with E-state index in [2.05, 4.69) is 98.8 Å². The van der Waals surface area contributed by atoms with Crippen LogP contribution >= 0.6 is 0 Å². The average molecular weight is 416 g/mol. The number of hydrogen-bond donors (Lipinski definition) is 0. The molecule has 128 valence electrons. The van der Waals surface area contributed by atoms with Gasteiger partial charge in [0.05, 0.1) is 0 Å². The fraction of sp³-hybridized carbons (Fsp3) is 0.160. The van der Waals surface area contributed by atoms with Crippen LogP contribution in [0.1, 0.15) is 37.8 Å². The largest absolute Gasteiger partial charge is 0.272 e. The Morgan fingerprint density at radius 2 is 1.04 bits per heavy atom. The predicted octanol–water partition coefficient (Wildman–Crippen LogP) is 6.41. The molecule has 0 aliphatic heterocycles. The molecule has 0 saturated heterocycles. The summed E-state index contributed by atoms with van der Waals surface area (Å²) in [4.78, 5) is 0. The van der Waals surface area contributed by atoms with Crippen molar-refractivity contribution < 1.29 is 24.2 Å². The molecule has 1 heteroatoms. The summed E-state index contributed by atoms with van der Waals surface area (Å²) in [5, 5.41) is 0. The van der Waals surface area contributed by atoms with Crippen LogP contribution in [-0.4, -0.2) is 3.21 Å².